The van der Waals surface area contributed by atoms with Crippen molar-refractivity contribution in [1.82, 2.24) is 4.98 Å². The normalized spacial score (nSPS) is 10.9. The van der Waals surface area contributed by atoms with Crippen molar-refractivity contribution in [2.75, 3.05) is 5.32 Å². The van der Waals surface area contributed by atoms with Crippen molar-refractivity contribution in [3.8, 4) is 11.5 Å². The molecule has 0 aliphatic carbocycles. The van der Waals surface area contributed by atoms with Crippen molar-refractivity contribution in [3.05, 3.63) is 82.9 Å². The molecule has 4 aromatic rings. The van der Waals surface area contributed by atoms with Crippen LogP contribution in [0.2, 0.25) is 0 Å². The monoisotopic (exact) mass is 356 g/mol. The third kappa shape index (κ3) is 3.34. The molecule has 0 radical (unpaired) electrons. The quantitative estimate of drug-likeness (QED) is 0.514. The van der Waals surface area contributed by atoms with Gasteiger partial charge in [-0.1, -0.05) is 24.3 Å². The summed E-state index contributed by atoms with van der Waals surface area (Å²) in [6.07, 6.45) is 0. The first-order valence-corrected chi connectivity index (χ1v) is 8.86. The maximum absolute atomic E-state index is 12.5. The molecule has 0 unspecified atom stereocenters. The zero-order valence-electron chi connectivity index (χ0n) is 15.5. The third-order valence-electron chi connectivity index (χ3n) is 4.77. The number of carbonyl (C=O) groups is 1. The number of aryl methyl sites for hydroxylation is 3. The SMILES string of the molecule is Cc1cc2nc(-c3ccc(C)c(NC(=O)c4ccccc4)c3)oc2cc1C. The van der Waals surface area contributed by atoms with Gasteiger partial charge in [-0.15, -0.1) is 0 Å². The van der Waals surface area contributed by atoms with Crippen LogP contribution in [0.5, 0.6) is 0 Å². The maximum Gasteiger partial charge on any atom is 0.255 e. The van der Waals surface area contributed by atoms with E-state index in [0.717, 1.165) is 27.9 Å². The summed E-state index contributed by atoms with van der Waals surface area (Å²) < 4.78 is 5.95. The van der Waals surface area contributed by atoms with Gasteiger partial charge in [0.1, 0.15) is 5.52 Å². The van der Waals surface area contributed by atoms with Crippen LogP contribution in [-0.4, -0.2) is 10.9 Å². The lowest BCUT2D eigenvalue weighted by molar-refractivity contribution is 0.102. The number of aromatic nitrogens is 1. The lowest BCUT2D eigenvalue weighted by Crippen LogP contribution is -2.12. The minimum Gasteiger partial charge on any atom is -0.436 e. The number of oxazole rings is 1. The molecule has 4 rings (SSSR count). The number of benzene rings is 3. The van der Waals surface area contributed by atoms with Gasteiger partial charge in [-0.25, -0.2) is 4.98 Å². The largest absolute Gasteiger partial charge is 0.436 e. The topological polar surface area (TPSA) is 55.1 Å². The van der Waals surface area contributed by atoms with Crippen LogP contribution in [0.3, 0.4) is 0 Å². The van der Waals surface area contributed by atoms with Crippen molar-refractivity contribution in [3.63, 3.8) is 0 Å². The van der Waals surface area contributed by atoms with Crippen LogP contribution >= 0.6 is 0 Å². The van der Waals surface area contributed by atoms with Crippen LogP contribution in [0.4, 0.5) is 5.69 Å². The van der Waals surface area contributed by atoms with E-state index in [0.29, 0.717) is 11.5 Å². The molecule has 0 bridgehead atoms. The van der Waals surface area contributed by atoms with Crippen LogP contribution in [0.15, 0.2) is 65.1 Å². The Balaban J connectivity index is 1.69. The molecule has 0 atom stereocenters. The molecule has 1 aromatic heterocycles. The molecule has 4 heteroatoms. The Labute approximate surface area is 157 Å². The third-order valence-corrected chi connectivity index (χ3v) is 4.77. The van der Waals surface area contributed by atoms with Gasteiger partial charge in [0.25, 0.3) is 5.91 Å². The molecule has 0 spiro atoms. The van der Waals surface area contributed by atoms with Crippen LogP contribution < -0.4 is 5.32 Å². The zero-order chi connectivity index (χ0) is 19.0. The summed E-state index contributed by atoms with van der Waals surface area (Å²) in [5.74, 6) is 0.407. The van der Waals surface area contributed by atoms with Crippen LogP contribution in [0.1, 0.15) is 27.0 Å². The fourth-order valence-electron chi connectivity index (χ4n) is 2.98. The summed E-state index contributed by atoms with van der Waals surface area (Å²) in [6, 6.07) is 19.0. The van der Waals surface area contributed by atoms with E-state index < -0.39 is 0 Å². The van der Waals surface area contributed by atoms with Crippen molar-refractivity contribution in [2.45, 2.75) is 20.8 Å². The summed E-state index contributed by atoms with van der Waals surface area (Å²) in [4.78, 5) is 17.1. The smallest absolute Gasteiger partial charge is 0.255 e. The summed E-state index contributed by atoms with van der Waals surface area (Å²) in [7, 11) is 0. The van der Waals surface area contributed by atoms with E-state index in [4.69, 9.17) is 4.42 Å². The molecule has 1 heterocycles. The maximum atomic E-state index is 12.5. The number of rotatable bonds is 3. The summed E-state index contributed by atoms with van der Waals surface area (Å²) in [5.41, 5.74) is 7.13. The Morgan fingerprint density at radius 1 is 0.889 bits per heavy atom. The standard InChI is InChI=1S/C23H20N2O2/c1-14-9-10-18(13-19(14)24-22(26)17-7-5-4-6-8-17)23-25-20-11-15(2)16(3)12-21(20)27-23/h4-13H,1-3H3,(H,24,26). The number of fused-ring (bicyclic) bond motifs is 1. The highest BCUT2D eigenvalue weighted by Crippen LogP contribution is 2.29. The molecule has 0 aliphatic rings. The Hall–Kier alpha value is -3.40. The Bertz CT molecular complexity index is 1100. The molecule has 0 fully saturated rings. The van der Waals surface area contributed by atoms with Crippen molar-refractivity contribution in [2.24, 2.45) is 0 Å². The fourth-order valence-corrected chi connectivity index (χ4v) is 2.98. The molecule has 27 heavy (non-hydrogen) atoms. The highest BCUT2D eigenvalue weighted by molar-refractivity contribution is 6.04. The number of nitrogens with zero attached hydrogens (tertiary/aromatic N) is 1. The highest BCUT2D eigenvalue weighted by Gasteiger charge is 2.13. The number of hydrogen-bond donors (Lipinski definition) is 1. The van der Waals surface area contributed by atoms with Gasteiger partial charge in [-0.05, 0) is 73.9 Å². The predicted molar refractivity (Wildman–Crippen MR) is 108 cm³/mol. The van der Waals surface area contributed by atoms with E-state index in [2.05, 4.69) is 24.1 Å². The molecule has 0 saturated carbocycles. The Morgan fingerprint density at radius 2 is 1.63 bits per heavy atom. The first kappa shape index (κ1) is 17.0. The minimum atomic E-state index is -0.139. The van der Waals surface area contributed by atoms with Gasteiger partial charge < -0.3 is 9.73 Å². The number of nitrogens with one attached hydrogen (secondary N) is 1. The second-order valence-corrected chi connectivity index (χ2v) is 6.77. The van der Waals surface area contributed by atoms with Gasteiger partial charge in [-0.3, -0.25) is 4.79 Å². The van der Waals surface area contributed by atoms with Gasteiger partial charge in [0.15, 0.2) is 5.58 Å². The van der Waals surface area contributed by atoms with E-state index >= 15 is 0 Å². The van der Waals surface area contributed by atoms with Crippen LogP contribution in [0.25, 0.3) is 22.6 Å². The second-order valence-electron chi connectivity index (χ2n) is 6.77. The highest BCUT2D eigenvalue weighted by atomic mass is 16.3. The number of hydrogen-bond acceptors (Lipinski definition) is 3. The zero-order valence-corrected chi connectivity index (χ0v) is 15.5. The van der Waals surface area contributed by atoms with Gasteiger partial charge >= 0.3 is 0 Å². The lowest BCUT2D eigenvalue weighted by Gasteiger charge is -2.09. The average molecular weight is 356 g/mol. The lowest BCUT2D eigenvalue weighted by atomic mass is 10.1. The number of anilines is 1. The summed E-state index contributed by atoms with van der Waals surface area (Å²) in [5, 5.41) is 2.98. The van der Waals surface area contributed by atoms with Crippen molar-refractivity contribution < 1.29 is 9.21 Å². The molecule has 3 aromatic carbocycles. The van der Waals surface area contributed by atoms with Gasteiger partial charge in [0.05, 0.1) is 0 Å². The summed E-state index contributed by atoms with van der Waals surface area (Å²) >= 11 is 0. The van der Waals surface area contributed by atoms with Crippen molar-refractivity contribution >= 4 is 22.7 Å². The van der Waals surface area contributed by atoms with E-state index in [-0.39, 0.29) is 5.91 Å². The van der Waals surface area contributed by atoms with Crippen LogP contribution in [-0.2, 0) is 0 Å². The van der Waals surface area contributed by atoms with E-state index in [1.807, 2.05) is 55.5 Å². The van der Waals surface area contributed by atoms with E-state index in [1.54, 1.807) is 12.1 Å². The number of carbonyl (C=O) groups excluding carboxylic acids is 1. The molecular weight excluding hydrogens is 336 g/mol. The number of amides is 1. The Morgan fingerprint density at radius 3 is 2.41 bits per heavy atom. The van der Waals surface area contributed by atoms with Crippen LogP contribution in [0, 0.1) is 20.8 Å². The fraction of sp³-hybridized carbons (Fsp3) is 0.130. The molecule has 134 valence electrons. The van der Waals surface area contributed by atoms with Gasteiger partial charge in [0.2, 0.25) is 5.89 Å². The molecule has 0 aliphatic heterocycles. The predicted octanol–water partition coefficient (Wildman–Crippen LogP) is 5.67. The molecule has 4 nitrogen and oxygen atoms in total. The first-order valence-electron chi connectivity index (χ1n) is 8.86. The molecule has 1 amide bonds. The van der Waals surface area contributed by atoms with E-state index in [9.17, 15) is 4.79 Å². The van der Waals surface area contributed by atoms with Gasteiger partial charge in [0, 0.05) is 16.8 Å². The minimum absolute atomic E-state index is 0.139. The molecule has 1 N–H and O–H groups in total. The first-order chi connectivity index (χ1) is 13.0. The average Bonchev–Trinajstić information content (AvgIpc) is 3.07. The summed E-state index contributed by atoms with van der Waals surface area (Å²) in [6.45, 7) is 6.08. The van der Waals surface area contributed by atoms with Crippen molar-refractivity contribution in [1.29, 1.82) is 0 Å². The second kappa shape index (κ2) is 6.72. The molecular formula is C23H20N2O2. The Kier molecular flexibility index (Phi) is 4.24. The van der Waals surface area contributed by atoms with E-state index in [1.165, 1.54) is 11.1 Å². The van der Waals surface area contributed by atoms with Gasteiger partial charge in [-0.2, -0.15) is 0 Å². The molecule has 0 saturated heterocycles.